The number of rotatable bonds is 1. The number of esters is 1. The number of ether oxygens (including phenoxy) is 1. The Balaban J connectivity index is 2.47. The van der Waals surface area contributed by atoms with Crippen LogP contribution < -0.4 is 5.73 Å². The molecule has 1 heterocycles. The highest BCUT2D eigenvalue weighted by Crippen LogP contribution is 2.22. The summed E-state index contributed by atoms with van der Waals surface area (Å²) in [5, 5.41) is 0. The van der Waals surface area contributed by atoms with Crippen LogP contribution in [0.15, 0.2) is 0 Å². The van der Waals surface area contributed by atoms with Crippen LogP contribution in [0.4, 0.5) is 0 Å². The number of hydrogen-bond acceptors (Lipinski definition) is 4. The summed E-state index contributed by atoms with van der Waals surface area (Å²) in [6.07, 6.45) is 0.921. The molecule has 1 rings (SSSR count). The molecule has 1 saturated heterocycles. The zero-order valence-corrected chi connectivity index (χ0v) is 7.39. The van der Waals surface area contributed by atoms with Gasteiger partial charge in [-0.05, 0) is 12.2 Å². The SMILES string of the molecule is COC(=O)[C@H]1CSCC[C@H]1N. The van der Waals surface area contributed by atoms with E-state index < -0.39 is 0 Å². The van der Waals surface area contributed by atoms with E-state index in [-0.39, 0.29) is 17.9 Å². The van der Waals surface area contributed by atoms with Crippen LogP contribution in [0.25, 0.3) is 0 Å². The van der Waals surface area contributed by atoms with E-state index >= 15 is 0 Å². The first kappa shape index (κ1) is 8.87. The van der Waals surface area contributed by atoms with Gasteiger partial charge < -0.3 is 10.5 Å². The van der Waals surface area contributed by atoms with Crippen LogP contribution in [0.3, 0.4) is 0 Å². The molecule has 0 unspecified atom stereocenters. The predicted octanol–water partition coefficient (Wildman–Crippen LogP) is 0.240. The molecule has 0 aromatic rings. The van der Waals surface area contributed by atoms with Gasteiger partial charge in [0.1, 0.15) is 0 Å². The molecule has 0 spiro atoms. The van der Waals surface area contributed by atoms with Gasteiger partial charge in [0.25, 0.3) is 0 Å². The fourth-order valence-electron chi connectivity index (χ4n) is 1.15. The van der Waals surface area contributed by atoms with Gasteiger partial charge in [0, 0.05) is 11.8 Å². The van der Waals surface area contributed by atoms with Crippen molar-refractivity contribution in [3.8, 4) is 0 Å². The van der Waals surface area contributed by atoms with Gasteiger partial charge >= 0.3 is 5.97 Å². The van der Waals surface area contributed by atoms with Crippen LogP contribution in [0.5, 0.6) is 0 Å². The molecule has 1 fully saturated rings. The maximum Gasteiger partial charge on any atom is 0.311 e. The van der Waals surface area contributed by atoms with Crippen LogP contribution >= 0.6 is 11.8 Å². The van der Waals surface area contributed by atoms with E-state index in [9.17, 15) is 4.79 Å². The van der Waals surface area contributed by atoms with Crippen LogP contribution in [-0.2, 0) is 9.53 Å². The van der Waals surface area contributed by atoms with Gasteiger partial charge in [0.2, 0.25) is 0 Å². The Labute approximate surface area is 70.7 Å². The first-order valence-corrected chi connectivity index (χ1v) is 4.82. The van der Waals surface area contributed by atoms with E-state index in [1.54, 1.807) is 11.8 Å². The summed E-state index contributed by atoms with van der Waals surface area (Å²) < 4.78 is 4.63. The summed E-state index contributed by atoms with van der Waals surface area (Å²) in [5.41, 5.74) is 5.74. The molecule has 0 amide bonds. The van der Waals surface area contributed by atoms with E-state index in [1.165, 1.54) is 7.11 Å². The third-order valence-corrected chi connectivity index (χ3v) is 3.03. The van der Waals surface area contributed by atoms with E-state index in [0.717, 1.165) is 17.9 Å². The maximum atomic E-state index is 11.1. The average Bonchev–Trinajstić information content (AvgIpc) is 2.04. The summed E-state index contributed by atoms with van der Waals surface area (Å²) in [4.78, 5) is 11.1. The monoisotopic (exact) mass is 175 g/mol. The molecular formula is C7H13NO2S. The number of nitrogens with two attached hydrogens (primary N) is 1. The molecule has 0 radical (unpaired) electrons. The van der Waals surface area contributed by atoms with Gasteiger partial charge in [-0.15, -0.1) is 0 Å². The molecule has 1 aliphatic heterocycles. The molecule has 2 N–H and O–H groups in total. The number of hydrogen-bond donors (Lipinski definition) is 1. The molecule has 0 bridgehead atoms. The second-order valence-corrected chi connectivity index (χ2v) is 3.81. The minimum atomic E-state index is -0.162. The Morgan fingerprint density at radius 3 is 3.00 bits per heavy atom. The largest absolute Gasteiger partial charge is 0.469 e. The fraction of sp³-hybridized carbons (Fsp3) is 0.857. The van der Waals surface area contributed by atoms with Gasteiger partial charge in [-0.25, -0.2) is 0 Å². The van der Waals surface area contributed by atoms with Crippen molar-refractivity contribution in [2.24, 2.45) is 11.7 Å². The quantitative estimate of drug-likeness (QED) is 0.580. The maximum absolute atomic E-state index is 11.1. The Morgan fingerprint density at radius 2 is 2.45 bits per heavy atom. The molecule has 2 atom stereocenters. The van der Waals surface area contributed by atoms with E-state index in [0.29, 0.717) is 0 Å². The van der Waals surface area contributed by atoms with E-state index in [1.807, 2.05) is 0 Å². The first-order valence-electron chi connectivity index (χ1n) is 3.67. The van der Waals surface area contributed by atoms with Crippen molar-refractivity contribution < 1.29 is 9.53 Å². The van der Waals surface area contributed by atoms with Crippen molar-refractivity contribution in [2.45, 2.75) is 12.5 Å². The number of methoxy groups -OCH3 is 1. The van der Waals surface area contributed by atoms with Crippen molar-refractivity contribution in [3.05, 3.63) is 0 Å². The van der Waals surface area contributed by atoms with Crippen molar-refractivity contribution in [1.82, 2.24) is 0 Å². The smallest absolute Gasteiger partial charge is 0.311 e. The van der Waals surface area contributed by atoms with Gasteiger partial charge in [0.05, 0.1) is 13.0 Å². The molecule has 64 valence electrons. The highest BCUT2D eigenvalue weighted by atomic mass is 32.2. The summed E-state index contributed by atoms with van der Waals surface area (Å²) in [6, 6.07) is 0.00343. The molecular weight excluding hydrogens is 162 g/mol. The Hall–Kier alpha value is -0.220. The fourth-order valence-corrected chi connectivity index (χ4v) is 2.39. The minimum Gasteiger partial charge on any atom is -0.469 e. The van der Waals surface area contributed by atoms with Crippen molar-refractivity contribution in [2.75, 3.05) is 18.6 Å². The zero-order chi connectivity index (χ0) is 8.27. The van der Waals surface area contributed by atoms with Crippen LogP contribution in [0.2, 0.25) is 0 Å². The highest BCUT2D eigenvalue weighted by molar-refractivity contribution is 7.99. The Bertz CT molecular complexity index is 151. The lowest BCUT2D eigenvalue weighted by Gasteiger charge is -2.25. The van der Waals surface area contributed by atoms with Crippen LogP contribution in [0.1, 0.15) is 6.42 Å². The lowest BCUT2D eigenvalue weighted by molar-refractivity contribution is -0.145. The van der Waals surface area contributed by atoms with Gasteiger partial charge in [-0.1, -0.05) is 0 Å². The lowest BCUT2D eigenvalue weighted by atomic mass is 10.0. The van der Waals surface area contributed by atoms with Crippen molar-refractivity contribution >= 4 is 17.7 Å². The third kappa shape index (κ3) is 2.10. The predicted molar refractivity (Wildman–Crippen MR) is 45.4 cm³/mol. The summed E-state index contributed by atoms with van der Waals surface area (Å²) >= 11 is 1.77. The molecule has 0 aliphatic carbocycles. The molecule has 3 nitrogen and oxygen atoms in total. The number of carbonyl (C=O) groups excluding carboxylic acids is 1. The second-order valence-electron chi connectivity index (χ2n) is 2.66. The highest BCUT2D eigenvalue weighted by Gasteiger charge is 2.29. The summed E-state index contributed by atoms with van der Waals surface area (Å²) in [7, 11) is 1.41. The van der Waals surface area contributed by atoms with Crippen molar-refractivity contribution in [3.63, 3.8) is 0 Å². The molecule has 0 aromatic carbocycles. The molecule has 0 saturated carbocycles. The molecule has 0 aromatic heterocycles. The minimum absolute atomic E-state index is 0.00343. The van der Waals surface area contributed by atoms with Crippen molar-refractivity contribution in [1.29, 1.82) is 0 Å². The zero-order valence-electron chi connectivity index (χ0n) is 6.58. The molecule has 11 heavy (non-hydrogen) atoms. The second kappa shape index (κ2) is 3.97. The first-order chi connectivity index (χ1) is 5.25. The van der Waals surface area contributed by atoms with Gasteiger partial charge in [-0.3, -0.25) is 4.79 Å². The average molecular weight is 175 g/mol. The van der Waals surface area contributed by atoms with E-state index in [4.69, 9.17) is 5.73 Å². The molecule has 4 heteroatoms. The lowest BCUT2D eigenvalue weighted by Crippen LogP contribution is -2.40. The third-order valence-electron chi connectivity index (χ3n) is 1.91. The van der Waals surface area contributed by atoms with Crippen LogP contribution in [0, 0.1) is 5.92 Å². The van der Waals surface area contributed by atoms with Gasteiger partial charge in [0.15, 0.2) is 0 Å². The Kier molecular flexibility index (Phi) is 3.20. The number of thioether (sulfide) groups is 1. The van der Waals surface area contributed by atoms with E-state index in [2.05, 4.69) is 4.74 Å². The number of carbonyl (C=O) groups is 1. The normalized spacial score (nSPS) is 31.5. The van der Waals surface area contributed by atoms with Crippen LogP contribution in [-0.4, -0.2) is 30.6 Å². The summed E-state index contributed by atoms with van der Waals surface area (Å²) in [5.74, 6) is 1.63. The van der Waals surface area contributed by atoms with Gasteiger partial charge in [-0.2, -0.15) is 11.8 Å². The summed E-state index contributed by atoms with van der Waals surface area (Å²) in [6.45, 7) is 0. The Morgan fingerprint density at radius 1 is 1.73 bits per heavy atom. The molecule has 1 aliphatic rings. The standard InChI is InChI=1S/C7H13NO2S/c1-10-7(9)5-4-11-3-2-6(5)8/h5-6H,2-4,8H2,1H3/t5-,6+/m0/s1. The topological polar surface area (TPSA) is 52.3 Å².